The van der Waals surface area contributed by atoms with Crippen molar-refractivity contribution >= 4 is 5.97 Å². The molecular formula is C13H21NO4. The lowest BCUT2D eigenvalue weighted by atomic mass is 10.3. The highest BCUT2D eigenvalue weighted by Gasteiger charge is 2.19. The third-order valence-electron chi connectivity index (χ3n) is 2.42. The van der Waals surface area contributed by atoms with E-state index in [9.17, 15) is 4.79 Å². The quantitative estimate of drug-likeness (QED) is 0.527. The lowest BCUT2D eigenvalue weighted by Crippen LogP contribution is -2.05. The minimum Gasteiger partial charge on any atom is -0.460 e. The second-order valence-electron chi connectivity index (χ2n) is 3.76. The third-order valence-corrected chi connectivity index (χ3v) is 2.42. The van der Waals surface area contributed by atoms with Crippen LogP contribution in [0.15, 0.2) is 4.42 Å². The Morgan fingerprint density at radius 2 is 2.06 bits per heavy atom. The van der Waals surface area contributed by atoms with Gasteiger partial charge in [0.2, 0.25) is 5.76 Å². The van der Waals surface area contributed by atoms with Crippen molar-refractivity contribution in [2.24, 2.45) is 0 Å². The number of hydrogen-bond donors (Lipinski definition) is 0. The molecule has 0 unspecified atom stereocenters. The number of aryl methyl sites for hydroxylation is 2. The smallest absolute Gasteiger partial charge is 0.376 e. The summed E-state index contributed by atoms with van der Waals surface area (Å²) < 4.78 is 15.6. The van der Waals surface area contributed by atoms with Gasteiger partial charge in [0, 0.05) is 19.6 Å². The van der Waals surface area contributed by atoms with E-state index in [1.54, 1.807) is 6.92 Å². The van der Waals surface area contributed by atoms with E-state index in [2.05, 4.69) is 4.98 Å². The summed E-state index contributed by atoms with van der Waals surface area (Å²) in [5.74, 6) is 0.387. The molecule has 1 aromatic rings. The van der Waals surface area contributed by atoms with Crippen molar-refractivity contribution in [1.82, 2.24) is 4.98 Å². The zero-order valence-corrected chi connectivity index (χ0v) is 11.3. The van der Waals surface area contributed by atoms with E-state index in [-0.39, 0.29) is 5.76 Å². The first-order chi connectivity index (χ1) is 8.72. The molecule has 0 saturated carbocycles. The number of carbonyl (C=O) groups excluding carboxylic acids is 1. The normalized spacial score (nSPS) is 10.6. The van der Waals surface area contributed by atoms with Crippen LogP contribution in [0.3, 0.4) is 0 Å². The Balaban J connectivity index is 2.62. The average molecular weight is 255 g/mol. The van der Waals surface area contributed by atoms with Crippen LogP contribution in [-0.4, -0.2) is 30.8 Å². The summed E-state index contributed by atoms with van der Waals surface area (Å²) in [6, 6.07) is 0. The molecule has 5 heteroatoms. The lowest BCUT2D eigenvalue weighted by Gasteiger charge is -1.99. The van der Waals surface area contributed by atoms with E-state index in [0.717, 1.165) is 6.42 Å². The van der Waals surface area contributed by atoms with Crippen LogP contribution in [0.2, 0.25) is 0 Å². The van der Waals surface area contributed by atoms with Crippen LogP contribution >= 0.6 is 0 Å². The second kappa shape index (κ2) is 7.87. The van der Waals surface area contributed by atoms with Gasteiger partial charge in [-0.15, -0.1) is 0 Å². The highest BCUT2D eigenvalue weighted by molar-refractivity contribution is 5.87. The van der Waals surface area contributed by atoms with Crippen LogP contribution in [0.5, 0.6) is 0 Å². The summed E-state index contributed by atoms with van der Waals surface area (Å²) >= 11 is 0. The van der Waals surface area contributed by atoms with Crippen molar-refractivity contribution in [3.05, 3.63) is 17.3 Å². The molecule has 5 nitrogen and oxygen atoms in total. The molecule has 0 bridgehead atoms. The van der Waals surface area contributed by atoms with Gasteiger partial charge in [-0.2, -0.15) is 0 Å². The Hall–Kier alpha value is -1.36. The van der Waals surface area contributed by atoms with E-state index in [1.807, 2.05) is 13.8 Å². The number of rotatable bonds is 8. The fourth-order valence-corrected chi connectivity index (χ4v) is 1.57. The van der Waals surface area contributed by atoms with Crippen molar-refractivity contribution in [1.29, 1.82) is 0 Å². The van der Waals surface area contributed by atoms with Gasteiger partial charge in [-0.25, -0.2) is 9.78 Å². The topological polar surface area (TPSA) is 61.6 Å². The minimum absolute atomic E-state index is 0.241. The summed E-state index contributed by atoms with van der Waals surface area (Å²) in [6.07, 6.45) is 2.16. The Bertz CT molecular complexity index is 373. The molecule has 0 aromatic carbocycles. The van der Waals surface area contributed by atoms with Crippen LogP contribution in [0.1, 0.15) is 49.3 Å². The largest absolute Gasteiger partial charge is 0.460 e. The fourth-order valence-electron chi connectivity index (χ4n) is 1.57. The third kappa shape index (κ3) is 4.14. The zero-order chi connectivity index (χ0) is 13.4. The van der Waals surface area contributed by atoms with E-state index < -0.39 is 5.97 Å². The number of carbonyl (C=O) groups is 1. The van der Waals surface area contributed by atoms with Crippen molar-refractivity contribution in [2.75, 3.05) is 19.8 Å². The molecule has 102 valence electrons. The van der Waals surface area contributed by atoms with E-state index in [0.29, 0.717) is 44.2 Å². The van der Waals surface area contributed by atoms with E-state index in [4.69, 9.17) is 13.9 Å². The maximum absolute atomic E-state index is 11.6. The Morgan fingerprint density at radius 1 is 1.28 bits per heavy atom. The monoisotopic (exact) mass is 255 g/mol. The van der Waals surface area contributed by atoms with Gasteiger partial charge >= 0.3 is 5.97 Å². The molecule has 0 aliphatic carbocycles. The summed E-state index contributed by atoms with van der Waals surface area (Å²) in [5.41, 5.74) is 0.667. The molecule has 0 aliphatic rings. The lowest BCUT2D eigenvalue weighted by molar-refractivity contribution is 0.0486. The highest BCUT2D eigenvalue weighted by atomic mass is 16.5. The van der Waals surface area contributed by atoms with Gasteiger partial charge in [0.15, 0.2) is 5.89 Å². The molecule has 0 fully saturated rings. The van der Waals surface area contributed by atoms with Gasteiger partial charge in [0.05, 0.1) is 12.3 Å². The minimum atomic E-state index is -0.432. The zero-order valence-electron chi connectivity index (χ0n) is 11.3. The number of esters is 1. The summed E-state index contributed by atoms with van der Waals surface area (Å²) in [5, 5.41) is 0. The van der Waals surface area contributed by atoms with Gasteiger partial charge in [-0.05, 0) is 26.7 Å². The number of oxazole rings is 1. The van der Waals surface area contributed by atoms with E-state index in [1.165, 1.54) is 0 Å². The van der Waals surface area contributed by atoms with Crippen molar-refractivity contribution < 1.29 is 18.7 Å². The maximum atomic E-state index is 11.6. The van der Waals surface area contributed by atoms with Crippen LogP contribution in [-0.2, 0) is 22.3 Å². The molecule has 1 heterocycles. The first kappa shape index (κ1) is 14.7. The number of aromatic nitrogens is 1. The molecule has 0 amide bonds. The van der Waals surface area contributed by atoms with Gasteiger partial charge in [0.25, 0.3) is 0 Å². The molecule has 18 heavy (non-hydrogen) atoms. The molecule has 0 saturated heterocycles. The van der Waals surface area contributed by atoms with Gasteiger partial charge in [-0.3, -0.25) is 0 Å². The molecule has 0 N–H and O–H groups in total. The van der Waals surface area contributed by atoms with Crippen molar-refractivity contribution in [3.63, 3.8) is 0 Å². The summed E-state index contributed by atoms with van der Waals surface area (Å²) in [7, 11) is 0. The number of ether oxygens (including phenoxy) is 2. The Morgan fingerprint density at radius 3 is 2.67 bits per heavy atom. The average Bonchev–Trinajstić information content (AvgIpc) is 2.78. The molecule has 0 radical (unpaired) electrons. The predicted molar refractivity (Wildman–Crippen MR) is 66.7 cm³/mol. The highest BCUT2D eigenvalue weighted by Crippen LogP contribution is 2.14. The standard InChI is InChI=1S/C13H21NO4/c1-4-10-12(13(15)17-6-3)18-11(14-10)8-7-9-16-5-2/h4-9H2,1-3H3. The number of hydrogen-bond acceptors (Lipinski definition) is 5. The summed E-state index contributed by atoms with van der Waals surface area (Å²) in [4.78, 5) is 15.9. The number of nitrogens with zero attached hydrogens (tertiary/aromatic N) is 1. The van der Waals surface area contributed by atoms with E-state index >= 15 is 0 Å². The summed E-state index contributed by atoms with van der Waals surface area (Å²) in [6.45, 7) is 7.38. The van der Waals surface area contributed by atoms with Gasteiger partial charge in [-0.1, -0.05) is 6.92 Å². The second-order valence-corrected chi connectivity index (χ2v) is 3.76. The Kier molecular flexibility index (Phi) is 6.43. The molecule has 0 aliphatic heterocycles. The van der Waals surface area contributed by atoms with Crippen LogP contribution in [0, 0.1) is 0 Å². The van der Waals surface area contributed by atoms with Crippen LogP contribution in [0.25, 0.3) is 0 Å². The molecule has 0 spiro atoms. The molecular weight excluding hydrogens is 234 g/mol. The first-order valence-electron chi connectivity index (χ1n) is 6.46. The first-order valence-corrected chi connectivity index (χ1v) is 6.46. The van der Waals surface area contributed by atoms with Gasteiger partial charge < -0.3 is 13.9 Å². The van der Waals surface area contributed by atoms with Crippen LogP contribution < -0.4 is 0 Å². The molecule has 1 rings (SSSR count). The van der Waals surface area contributed by atoms with Gasteiger partial charge in [0.1, 0.15) is 0 Å². The SMILES string of the molecule is CCOCCCc1nc(CC)c(C(=O)OCC)o1. The molecule has 1 aromatic heterocycles. The predicted octanol–water partition coefficient (Wildman–Crippen LogP) is 2.38. The Labute approximate surface area is 107 Å². The fraction of sp³-hybridized carbons (Fsp3) is 0.692. The maximum Gasteiger partial charge on any atom is 0.376 e. The van der Waals surface area contributed by atoms with Crippen molar-refractivity contribution in [2.45, 2.75) is 40.0 Å². The van der Waals surface area contributed by atoms with Crippen LogP contribution in [0.4, 0.5) is 0 Å². The molecule has 0 atom stereocenters. The van der Waals surface area contributed by atoms with Crippen molar-refractivity contribution in [3.8, 4) is 0 Å².